The maximum atomic E-state index is 15.3. The molecule has 0 spiro atoms. The van der Waals surface area contributed by atoms with Gasteiger partial charge in [0, 0.05) is 130 Å². The van der Waals surface area contributed by atoms with Crippen LogP contribution in [0.2, 0.25) is 0 Å². The van der Waals surface area contributed by atoms with Crippen LogP contribution in [0.25, 0.3) is 0 Å². The molecular formula is C86H116N2O14+2. The third kappa shape index (κ3) is 29.8. The second-order valence-electron chi connectivity index (χ2n) is 27.2. The summed E-state index contributed by atoms with van der Waals surface area (Å²) in [5.74, 6) is 1.33. The first-order valence-corrected chi connectivity index (χ1v) is 37.5. The Hall–Kier alpha value is -7.89. The van der Waals surface area contributed by atoms with Gasteiger partial charge in [-0.25, -0.2) is 9.13 Å². The van der Waals surface area contributed by atoms with Crippen molar-refractivity contribution >= 4 is 40.5 Å². The number of aryl methyl sites for hydroxylation is 5. The van der Waals surface area contributed by atoms with E-state index in [1.54, 1.807) is 19.2 Å². The van der Waals surface area contributed by atoms with Gasteiger partial charge in [-0.15, -0.1) is 0 Å². The summed E-state index contributed by atoms with van der Waals surface area (Å²) in [5, 5.41) is 0. The zero-order chi connectivity index (χ0) is 73.2. The maximum absolute atomic E-state index is 15.3. The predicted molar refractivity (Wildman–Crippen MR) is 398 cm³/mol. The molecule has 2 heterocycles. The molecule has 102 heavy (non-hydrogen) atoms. The fourth-order valence-corrected chi connectivity index (χ4v) is 12.9. The number of unbranched alkanes of at least 4 members (excludes halogenated alkanes) is 7. The van der Waals surface area contributed by atoms with Crippen molar-refractivity contribution in [1.82, 2.24) is 0 Å². The highest BCUT2D eigenvalue weighted by molar-refractivity contribution is 5.99. The molecule has 16 heteroatoms. The quantitative estimate of drug-likeness (QED) is 0.0199. The molecule has 0 radical (unpaired) electrons. The Kier molecular flexibility index (Phi) is 38.6. The van der Waals surface area contributed by atoms with Crippen molar-refractivity contribution in [2.24, 2.45) is 5.41 Å². The molecule has 0 saturated carbocycles. The number of hydrogen-bond acceptors (Lipinski definition) is 14. The molecule has 0 atom stereocenters. The van der Waals surface area contributed by atoms with Crippen molar-refractivity contribution in [3.8, 4) is 17.2 Å². The number of Topliss-reactive ketones (excluding diaryl/α,β-unsaturated/α-hetero) is 7. The Balaban J connectivity index is 1.14. The van der Waals surface area contributed by atoms with Gasteiger partial charge in [0.25, 0.3) is 0 Å². The minimum Gasteiger partial charge on any atom is -0.487 e. The fraction of sp³-hybridized carbons (Fsp3) is 0.523. The molecule has 0 fully saturated rings. The van der Waals surface area contributed by atoms with E-state index in [0.717, 1.165) is 88.8 Å². The molecule has 0 bridgehead atoms. The molecule has 0 amide bonds. The van der Waals surface area contributed by atoms with Gasteiger partial charge in [-0.05, 0) is 151 Å². The predicted octanol–water partition coefficient (Wildman–Crippen LogP) is 16.6. The molecule has 0 N–H and O–H groups in total. The molecule has 6 rings (SSSR count). The van der Waals surface area contributed by atoms with E-state index in [1.807, 2.05) is 157 Å². The average molecular weight is 1400 g/mol. The van der Waals surface area contributed by atoms with Crippen molar-refractivity contribution < 1.29 is 75.9 Å². The molecule has 16 nitrogen and oxygen atoms in total. The third-order valence-electron chi connectivity index (χ3n) is 19.6. The summed E-state index contributed by atoms with van der Waals surface area (Å²) in [5.41, 5.74) is 7.93. The molecule has 552 valence electrons. The Bertz CT molecular complexity index is 3280. The Labute approximate surface area is 607 Å². The van der Waals surface area contributed by atoms with Crippen LogP contribution in [0.4, 0.5) is 0 Å². The van der Waals surface area contributed by atoms with E-state index in [0.29, 0.717) is 134 Å². The summed E-state index contributed by atoms with van der Waals surface area (Å²) in [6.07, 6.45) is 21.8. The summed E-state index contributed by atoms with van der Waals surface area (Å²) in [7, 11) is 1.60. The minimum atomic E-state index is -0.746. The van der Waals surface area contributed by atoms with Crippen LogP contribution >= 0.6 is 0 Å². The van der Waals surface area contributed by atoms with Crippen molar-refractivity contribution in [3.05, 3.63) is 184 Å². The summed E-state index contributed by atoms with van der Waals surface area (Å²) in [6.45, 7) is 15.8. The van der Waals surface area contributed by atoms with Crippen LogP contribution in [0.3, 0.4) is 0 Å². The minimum absolute atomic E-state index is 0.0830. The van der Waals surface area contributed by atoms with E-state index in [-0.39, 0.29) is 130 Å². The first-order chi connectivity index (χ1) is 49.5. The van der Waals surface area contributed by atoms with E-state index < -0.39 is 5.41 Å². The van der Waals surface area contributed by atoms with E-state index >= 15 is 4.79 Å². The van der Waals surface area contributed by atoms with Gasteiger partial charge in [0.05, 0.1) is 46.2 Å². The van der Waals surface area contributed by atoms with E-state index in [4.69, 9.17) is 33.2 Å². The number of ether oxygens (including phenoxy) is 7. The summed E-state index contributed by atoms with van der Waals surface area (Å²) >= 11 is 0. The number of methoxy groups -OCH3 is 1. The van der Waals surface area contributed by atoms with Crippen LogP contribution in [0.15, 0.2) is 128 Å². The molecule has 6 aromatic rings. The van der Waals surface area contributed by atoms with Crippen molar-refractivity contribution in [2.45, 2.75) is 215 Å². The lowest BCUT2D eigenvalue weighted by molar-refractivity contribution is -0.697. The Morgan fingerprint density at radius 2 is 0.706 bits per heavy atom. The van der Waals surface area contributed by atoms with Crippen LogP contribution in [0, 0.1) is 47.0 Å². The number of nitrogens with zero attached hydrogens (tertiary/aromatic N) is 2. The van der Waals surface area contributed by atoms with Gasteiger partial charge in [0.15, 0.2) is 59.4 Å². The molecule has 0 aliphatic carbocycles. The third-order valence-corrected chi connectivity index (χ3v) is 19.6. The van der Waals surface area contributed by atoms with E-state index in [2.05, 4.69) is 9.13 Å². The topological polar surface area (TPSA) is 192 Å². The molecule has 0 saturated heterocycles. The molecule has 0 aliphatic heterocycles. The number of carbonyl (C=O) groups is 7. The zero-order valence-corrected chi connectivity index (χ0v) is 62.4. The highest BCUT2D eigenvalue weighted by Gasteiger charge is 2.36. The van der Waals surface area contributed by atoms with Crippen molar-refractivity contribution in [1.29, 1.82) is 0 Å². The lowest BCUT2D eigenvalue weighted by atomic mass is 9.69. The highest BCUT2D eigenvalue weighted by atomic mass is 16.6. The molecule has 0 aliphatic rings. The van der Waals surface area contributed by atoms with Crippen molar-refractivity contribution in [2.75, 3.05) is 73.2 Å². The average Bonchev–Trinajstić information content (AvgIpc) is 0.829. The smallest absolute Gasteiger partial charge is 0.203 e. The number of benzene rings is 4. The zero-order valence-electron chi connectivity index (χ0n) is 62.4. The SMILES string of the molecule is COCCOCCOc1c(OCCOCCC(=O)CCCC[n+]2ccccc2)cc(C(=O)CCCCCC(=O)C(CCCCC(=O)c2cccc(C)c2C)(CCCCC(=O)c2cccc(C)c2C)CCCCC(=O)c2cccc(C)c2C)cc1OCCOCCC(=O)CCCC[n+]1ccccc1. The first-order valence-electron chi connectivity index (χ1n) is 37.5. The second kappa shape index (κ2) is 47.4. The van der Waals surface area contributed by atoms with E-state index in [1.165, 1.54) is 0 Å². The fourth-order valence-electron chi connectivity index (χ4n) is 12.9. The summed E-state index contributed by atoms with van der Waals surface area (Å²) < 4.78 is 46.0. The first kappa shape index (κ1) is 83.1. The van der Waals surface area contributed by atoms with E-state index in [9.17, 15) is 28.8 Å². The Morgan fingerprint density at radius 1 is 0.343 bits per heavy atom. The highest BCUT2D eigenvalue weighted by Crippen LogP contribution is 2.42. The molecule has 4 aromatic carbocycles. The number of aromatic nitrogens is 2. The van der Waals surface area contributed by atoms with Gasteiger partial charge in [-0.1, -0.05) is 92.4 Å². The van der Waals surface area contributed by atoms with Crippen LogP contribution in [-0.4, -0.2) is 114 Å². The van der Waals surface area contributed by atoms with Crippen LogP contribution in [0.5, 0.6) is 17.2 Å². The second-order valence-corrected chi connectivity index (χ2v) is 27.2. The molecular weight excluding hydrogens is 1280 g/mol. The largest absolute Gasteiger partial charge is 0.487 e. The standard InChI is InChI=1S/C86H116N2O14/c1-66-30-27-35-75(69(66)4)79(92)39-13-18-45-86(46-19-14-40-80(93)76-36-28-31-67(2)70(76)5,47-20-15-41-81(94)77-37-29-32-68(3)71(77)6)84(95)42-12-8-11-38-78(91)72-64-82(100-61-58-97-54-43-73(89)33-16-25-52-87-48-21-9-22-49-87)85(102-63-60-99-57-56-96-7)83(65-72)101-62-59-98-55-44-74(90)34-17-26-53-88-50-23-10-24-51-88/h9-10,21-24,27-32,35-37,48-51,64-65H,8,11-20,25-26,33-34,38-47,52-63H2,1-7H3/q+2. The van der Waals surface area contributed by atoms with Gasteiger partial charge in [0.1, 0.15) is 50.3 Å². The number of pyridine rings is 2. The number of hydrogen-bond donors (Lipinski definition) is 0. The lowest BCUT2D eigenvalue weighted by Crippen LogP contribution is -2.32. The monoisotopic (exact) mass is 1400 g/mol. The summed E-state index contributed by atoms with van der Waals surface area (Å²) in [6, 6.07) is 32.7. The molecule has 2 aromatic heterocycles. The normalized spacial score (nSPS) is 11.4. The number of ketones is 7. The van der Waals surface area contributed by atoms with Gasteiger partial charge >= 0.3 is 0 Å². The maximum Gasteiger partial charge on any atom is 0.203 e. The van der Waals surface area contributed by atoms with Crippen LogP contribution in [0.1, 0.15) is 235 Å². The van der Waals surface area contributed by atoms with Crippen LogP contribution in [-0.2, 0) is 46.4 Å². The van der Waals surface area contributed by atoms with Gasteiger partial charge in [-0.3, -0.25) is 33.6 Å². The van der Waals surface area contributed by atoms with Crippen LogP contribution < -0.4 is 23.3 Å². The van der Waals surface area contributed by atoms with Gasteiger partial charge in [0.2, 0.25) is 5.75 Å². The Morgan fingerprint density at radius 3 is 1.13 bits per heavy atom. The van der Waals surface area contributed by atoms with Crippen molar-refractivity contribution in [3.63, 3.8) is 0 Å². The number of rotatable bonds is 57. The number of carbonyl (C=O) groups excluding carboxylic acids is 7. The van der Waals surface area contributed by atoms with Gasteiger partial charge < -0.3 is 33.2 Å². The lowest BCUT2D eigenvalue weighted by Gasteiger charge is -2.33. The molecule has 0 unspecified atom stereocenters. The van der Waals surface area contributed by atoms with Gasteiger partial charge in [-0.2, -0.15) is 0 Å². The summed E-state index contributed by atoms with van der Waals surface area (Å²) in [4.78, 5) is 96.5.